The van der Waals surface area contributed by atoms with Crippen molar-refractivity contribution in [2.24, 2.45) is 11.8 Å². The Labute approximate surface area is 131 Å². The molecule has 1 heteroatoms. The van der Waals surface area contributed by atoms with Gasteiger partial charge in [0.25, 0.3) is 0 Å². The van der Waals surface area contributed by atoms with E-state index in [9.17, 15) is 0 Å². The molecule has 2 fully saturated rings. The zero-order valence-corrected chi connectivity index (χ0v) is 14.6. The van der Waals surface area contributed by atoms with Crippen LogP contribution in [0, 0.1) is 11.8 Å². The summed E-state index contributed by atoms with van der Waals surface area (Å²) in [7, 11) is 0. The van der Waals surface area contributed by atoms with Crippen LogP contribution in [-0.4, -0.2) is 0 Å². The highest BCUT2D eigenvalue weighted by molar-refractivity contribution is 5.15. The molecule has 120 valence electrons. The Hall–Kier alpha value is -0.720. The monoisotopic (exact) mass is 290 g/mol. The van der Waals surface area contributed by atoms with Gasteiger partial charge in [-0.3, -0.25) is 0 Å². The Bertz CT molecular complexity index is 352. The summed E-state index contributed by atoms with van der Waals surface area (Å²) in [5.74, 6) is 3.85. The molecule has 0 bridgehead atoms. The van der Waals surface area contributed by atoms with E-state index in [1.807, 2.05) is 0 Å². The van der Waals surface area contributed by atoms with Crippen LogP contribution in [0.25, 0.3) is 0 Å². The summed E-state index contributed by atoms with van der Waals surface area (Å²) in [4.78, 5) is 0. The zero-order chi connectivity index (χ0) is 15.2. The highest BCUT2D eigenvalue weighted by atomic mass is 16.5. The van der Waals surface area contributed by atoms with E-state index in [-0.39, 0.29) is 0 Å². The van der Waals surface area contributed by atoms with Gasteiger partial charge in [0.15, 0.2) is 0 Å². The van der Waals surface area contributed by atoms with Crippen molar-refractivity contribution < 1.29 is 4.74 Å². The Balaban J connectivity index is 2.00. The predicted octanol–water partition coefficient (Wildman–Crippen LogP) is 6.75. The van der Waals surface area contributed by atoms with E-state index in [0.29, 0.717) is 0 Å². The third-order valence-corrected chi connectivity index (χ3v) is 5.85. The standard InChI is InChI=1S/C20H34O/c1-15(19-11-7-5-8-12-19)17(3)21-18(4)16(2)20-13-9-6-10-14-20/h19-20H,5-14H2,1-4H3. The lowest BCUT2D eigenvalue weighted by Gasteiger charge is -2.26. The Morgan fingerprint density at radius 1 is 0.571 bits per heavy atom. The third-order valence-electron chi connectivity index (χ3n) is 5.85. The third kappa shape index (κ3) is 4.63. The van der Waals surface area contributed by atoms with E-state index in [1.54, 1.807) is 0 Å². The molecule has 2 aliphatic carbocycles. The van der Waals surface area contributed by atoms with Crippen molar-refractivity contribution >= 4 is 0 Å². The normalized spacial score (nSPS) is 24.4. The molecule has 0 aromatic heterocycles. The van der Waals surface area contributed by atoms with Crippen LogP contribution in [0.15, 0.2) is 22.7 Å². The Kier molecular flexibility index (Phi) is 6.39. The van der Waals surface area contributed by atoms with Crippen molar-refractivity contribution in [3.05, 3.63) is 22.7 Å². The van der Waals surface area contributed by atoms with Crippen molar-refractivity contribution in [1.82, 2.24) is 0 Å². The van der Waals surface area contributed by atoms with Crippen LogP contribution in [0.3, 0.4) is 0 Å². The van der Waals surface area contributed by atoms with E-state index in [1.165, 1.54) is 75.4 Å². The highest BCUT2D eigenvalue weighted by Crippen LogP contribution is 2.34. The van der Waals surface area contributed by atoms with Gasteiger partial charge in [-0.1, -0.05) is 38.5 Å². The highest BCUT2D eigenvalue weighted by Gasteiger charge is 2.20. The molecule has 1 nitrogen and oxygen atoms in total. The predicted molar refractivity (Wildman–Crippen MR) is 91.0 cm³/mol. The molecule has 2 rings (SSSR count). The number of hydrogen-bond acceptors (Lipinski definition) is 1. The lowest BCUT2D eigenvalue weighted by molar-refractivity contribution is 0.275. The van der Waals surface area contributed by atoms with Crippen molar-refractivity contribution in [2.75, 3.05) is 0 Å². The number of allylic oxidation sites excluding steroid dienone is 4. The molecule has 2 saturated carbocycles. The second kappa shape index (κ2) is 8.06. The van der Waals surface area contributed by atoms with E-state index in [2.05, 4.69) is 27.7 Å². The minimum atomic E-state index is 0.765. The van der Waals surface area contributed by atoms with E-state index in [0.717, 1.165) is 23.4 Å². The van der Waals surface area contributed by atoms with Crippen LogP contribution in [0.4, 0.5) is 0 Å². The molecule has 0 aromatic rings. The van der Waals surface area contributed by atoms with Crippen LogP contribution in [0.1, 0.15) is 91.9 Å². The first-order valence-electron chi connectivity index (χ1n) is 9.12. The minimum Gasteiger partial charge on any atom is -0.467 e. The largest absolute Gasteiger partial charge is 0.467 e. The Morgan fingerprint density at radius 2 is 0.905 bits per heavy atom. The molecular weight excluding hydrogens is 256 g/mol. The van der Waals surface area contributed by atoms with Gasteiger partial charge in [0.1, 0.15) is 0 Å². The molecule has 0 spiro atoms. The fourth-order valence-corrected chi connectivity index (χ4v) is 4.04. The molecule has 21 heavy (non-hydrogen) atoms. The van der Waals surface area contributed by atoms with E-state index >= 15 is 0 Å². The average Bonchev–Trinajstić information content (AvgIpc) is 2.55. The molecule has 0 saturated heterocycles. The summed E-state index contributed by atoms with van der Waals surface area (Å²) in [6.07, 6.45) is 13.8. The first kappa shape index (κ1) is 16.6. The summed E-state index contributed by atoms with van der Waals surface area (Å²) < 4.78 is 6.24. The lowest BCUT2D eigenvalue weighted by atomic mass is 9.83. The summed E-state index contributed by atoms with van der Waals surface area (Å²) in [6.45, 7) is 8.91. The molecule has 2 aliphatic rings. The van der Waals surface area contributed by atoms with Gasteiger partial charge in [-0.25, -0.2) is 0 Å². The smallest absolute Gasteiger partial charge is 0.0997 e. The first-order valence-corrected chi connectivity index (χ1v) is 9.12. The van der Waals surface area contributed by atoms with Crippen LogP contribution >= 0.6 is 0 Å². The minimum absolute atomic E-state index is 0.765. The average molecular weight is 290 g/mol. The molecule has 0 atom stereocenters. The van der Waals surface area contributed by atoms with Crippen molar-refractivity contribution in [1.29, 1.82) is 0 Å². The second-order valence-corrected chi connectivity index (χ2v) is 7.25. The maximum atomic E-state index is 6.24. The molecule has 0 amide bonds. The maximum absolute atomic E-state index is 6.24. The molecule has 0 aromatic carbocycles. The fraction of sp³-hybridized carbons (Fsp3) is 0.800. The summed E-state index contributed by atoms with van der Waals surface area (Å²) in [5.41, 5.74) is 2.98. The quantitative estimate of drug-likeness (QED) is 0.520. The maximum Gasteiger partial charge on any atom is 0.0997 e. The van der Waals surface area contributed by atoms with Gasteiger partial charge in [-0.15, -0.1) is 0 Å². The van der Waals surface area contributed by atoms with Crippen molar-refractivity contribution in [3.8, 4) is 0 Å². The van der Waals surface area contributed by atoms with Crippen LogP contribution in [0.2, 0.25) is 0 Å². The van der Waals surface area contributed by atoms with Gasteiger partial charge < -0.3 is 4.74 Å². The summed E-state index contributed by atoms with van der Waals surface area (Å²) in [5, 5.41) is 0. The summed E-state index contributed by atoms with van der Waals surface area (Å²) >= 11 is 0. The zero-order valence-electron chi connectivity index (χ0n) is 14.6. The Morgan fingerprint density at radius 3 is 1.24 bits per heavy atom. The van der Waals surface area contributed by atoms with Gasteiger partial charge in [0, 0.05) is 0 Å². The number of hydrogen-bond donors (Lipinski definition) is 0. The molecule has 0 aliphatic heterocycles. The number of rotatable bonds is 4. The molecule has 0 radical (unpaired) electrons. The summed E-state index contributed by atoms with van der Waals surface area (Å²) in [6, 6.07) is 0. The first-order chi connectivity index (χ1) is 10.1. The molecular formula is C20H34O. The van der Waals surface area contributed by atoms with Gasteiger partial charge in [0.05, 0.1) is 11.5 Å². The van der Waals surface area contributed by atoms with E-state index in [4.69, 9.17) is 4.74 Å². The van der Waals surface area contributed by atoms with Gasteiger partial charge >= 0.3 is 0 Å². The van der Waals surface area contributed by atoms with Crippen LogP contribution in [0.5, 0.6) is 0 Å². The van der Waals surface area contributed by atoms with Crippen molar-refractivity contribution in [3.63, 3.8) is 0 Å². The number of ether oxygens (including phenoxy) is 1. The van der Waals surface area contributed by atoms with Crippen LogP contribution in [-0.2, 0) is 4.74 Å². The molecule has 0 N–H and O–H groups in total. The molecule has 0 unspecified atom stereocenters. The lowest BCUT2D eigenvalue weighted by Crippen LogP contribution is -2.11. The SMILES string of the molecule is CC(OC(C)=C(C)C1CCCCC1)=C(C)C1CCCCC1. The topological polar surface area (TPSA) is 9.23 Å². The van der Waals surface area contributed by atoms with Gasteiger partial charge in [-0.2, -0.15) is 0 Å². The van der Waals surface area contributed by atoms with Crippen LogP contribution < -0.4 is 0 Å². The van der Waals surface area contributed by atoms with Gasteiger partial charge in [-0.05, 0) is 76.4 Å². The second-order valence-electron chi connectivity index (χ2n) is 7.25. The molecule has 0 heterocycles. The van der Waals surface area contributed by atoms with Gasteiger partial charge in [0.2, 0.25) is 0 Å². The van der Waals surface area contributed by atoms with Crippen molar-refractivity contribution in [2.45, 2.75) is 91.9 Å². The fourth-order valence-electron chi connectivity index (χ4n) is 4.04. The van der Waals surface area contributed by atoms with E-state index < -0.39 is 0 Å².